The van der Waals surface area contributed by atoms with Crippen LogP contribution in [0.5, 0.6) is 5.75 Å². The Morgan fingerprint density at radius 2 is 1.78 bits per heavy atom. The fraction of sp³-hybridized carbons (Fsp3) is 0.571. The molecule has 1 fully saturated rings. The zero-order chi connectivity index (χ0) is 12.8. The second-order valence-electron chi connectivity index (χ2n) is 4.76. The lowest BCUT2D eigenvalue weighted by molar-refractivity contribution is 0.148. The van der Waals surface area contributed by atoms with E-state index in [1.807, 2.05) is 12.1 Å². The van der Waals surface area contributed by atoms with Gasteiger partial charge in [0.25, 0.3) is 0 Å². The molecule has 1 aliphatic rings. The van der Waals surface area contributed by atoms with Crippen LogP contribution in [-0.2, 0) is 6.54 Å². The first-order valence-corrected chi connectivity index (χ1v) is 7.00. The zero-order valence-corrected chi connectivity index (χ0v) is 11.7. The van der Waals surface area contributed by atoms with Crippen LogP contribution in [0.15, 0.2) is 24.3 Å². The van der Waals surface area contributed by atoms with Gasteiger partial charge in [-0.15, -0.1) is 11.6 Å². The van der Waals surface area contributed by atoms with Crippen LogP contribution in [0.25, 0.3) is 0 Å². The van der Waals surface area contributed by atoms with Gasteiger partial charge in [-0.05, 0) is 24.7 Å². The summed E-state index contributed by atoms with van der Waals surface area (Å²) in [6, 6.07) is 8.33. The van der Waals surface area contributed by atoms with Crippen molar-refractivity contribution in [3.05, 3.63) is 29.8 Å². The summed E-state index contributed by atoms with van der Waals surface area (Å²) in [5, 5.41) is 0. The highest BCUT2D eigenvalue weighted by molar-refractivity contribution is 6.17. The molecule has 0 aliphatic carbocycles. The maximum absolute atomic E-state index is 5.59. The first-order chi connectivity index (χ1) is 8.78. The summed E-state index contributed by atoms with van der Waals surface area (Å²) in [7, 11) is 2.18. The lowest BCUT2D eigenvalue weighted by atomic mass is 10.2. The van der Waals surface area contributed by atoms with E-state index in [1.165, 1.54) is 5.56 Å². The van der Waals surface area contributed by atoms with Crippen molar-refractivity contribution < 1.29 is 4.74 Å². The molecule has 1 heterocycles. The molecule has 0 amide bonds. The van der Waals surface area contributed by atoms with Crippen LogP contribution in [0, 0.1) is 0 Å². The highest BCUT2D eigenvalue weighted by Crippen LogP contribution is 2.14. The van der Waals surface area contributed by atoms with Crippen LogP contribution in [0.1, 0.15) is 5.56 Å². The summed E-state index contributed by atoms with van der Waals surface area (Å²) in [5.74, 6) is 1.43. The maximum atomic E-state index is 5.59. The minimum absolute atomic E-state index is 0.531. The fourth-order valence-corrected chi connectivity index (χ4v) is 2.19. The number of hydrogen-bond acceptors (Lipinski definition) is 3. The van der Waals surface area contributed by atoms with E-state index in [9.17, 15) is 0 Å². The molecular formula is C14H21ClN2O. The minimum atomic E-state index is 0.531. The summed E-state index contributed by atoms with van der Waals surface area (Å²) < 4.78 is 5.46. The molecule has 18 heavy (non-hydrogen) atoms. The first-order valence-electron chi connectivity index (χ1n) is 6.46. The predicted molar refractivity (Wildman–Crippen MR) is 75.4 cm³/mol. The highest BCUT2D eigenvalue weighted by atomic mass is 35.5. The number of likely N-dealkylation sites (N-methyl/N-ethyl adjacent to an activating group) is 1. The van der Waals surface area contributed by atoms with Crippen LogP contribution in [-0.4, -0.2) is 55.5 Å². The van der Waals surface area contributed by atoms with E-state index in [0.717, 1.165) is 38.5 Å². The lowest BCUT2D eigenvalue weighted by Crippen LogP contribution is -2.43. The van der Waals surface area contributed by atoms with Gasteiger partial charge in [0.05, 0.1) is 5.88 Å². The molecule has 4 heteroatoms. The van der Waals surface area contributed by atoms with E-state index >= 15 is 0 Å². The van der Waals surface area contributed by atoms with Crippen molar-refractivity contribution in [1.29, 1.82) is 0 Å². The first kappa shape index (κ1) is 13.7. The van der Waals surface area contributed by atoms with Crippen LogP contribution in [0.4, 0.5) is 0 Å². The van der Waals surface area contributed by atoms with Crippen LogP contribution in [0.3, 0.4) is 0 Å². The Morgan fingerprint density at radius 3 is 2.39 bits per heavy atom. The molecule has 0 atom stereocenters. The van der Waals surface area contributed by atoms with E-state index in [1.54, 1.807) is 0 Å². The molecule has 0 spiro atoms. The van der Waals surface area contributed by atoms with Gasteiger partial charge >= 0.3 is 0 Å². The molecule has 1 aromatic carbocycles. The van der Waals surface area contributed by atoms with Crippen molar-refractivity contribution in [3.63, 3.8) is 0 Å². The molecule has 0 N–H and O–H groups in total. The molecule has 0 radical (unpaired) electrons. The highest BCUT2D eigenvalue weighted by Gasteiger charge is 2.13. The summed E-state index contributed by atoms with van der Waals surface area (Å²) in [4.78, 5) is 4.87. The van der Waals surface area contributed by atoms with Crippen molar-refractivity contribution in [3.8, 4) is 5.75 Å². The Bertz CT molecular complexity index is 347. The third-order valence-electron chi connectivity index (χ3n) is 3.27. The van der Waals surface area contributed by atoms with Gasteiger partial charge in [-0.1, -0.05) is 12.1 Å². The van der Waals surface area contributed by atoms with Crippen molar-refractivity contribution >= 4 is 11.6 Å². The normalized spacial score (nSPS) is 17.9. The number of rotatable bonds is 5. The molecule has 1 aliphatic heterocycles. The number of nitrogens with zero attached hydrogens (tertiary/aromatic N) is 2. The lowest BCUT2D eigenvalue weighted by Gasteiger charge is -2.32. The van der Waals surface area contributed by atoms with Gasteiger partial charge < -0.3 is 9.64 Å². The number of benzene rings is 1. The summed E-state index contributed by atoms with van der Waals surface area (Å²) in [6.07, 6.45) is 0. The van der Waals surface area contributed by atoms with Crippen LogP contribution < -0.4 is 4.74 Å². The van der Waals surface area contributed by atoms with Gasteiger partial charge in [0.15, 0.2) is 0 Å². The van der Waals surface area contributed by atoms with Gasteiger partial charge in [-0.2, -0.15) is 0 Å². The van der Waals surface area contributed by atoms with Crippen molar-refractivity contribution in [2.45, 2.75) is 6.54 Å². The van der Waals surface area contributed by atoms with E-state index in [0.29, 0.717) is 12.5 Å². The zero-order valence-electron chi connectivity index (χ0n) is 10.9. The van der Waals surface area contributed by atoms with Crippen LogP contribution >= 0.6 is 11.6 Å². The van der Waals surface area contributed by atoms with Gasteiger partial charge in [0.2, 0.25) is 0 Å². The molecule has 100 valence electrons. The maximum Gasteiger partial charge on any atom is 0.119 e. The minimum Gasteiger partial charge on any atom is -0.492 e. The number of hydrogen-bond donors (Lipinski definition) is 0. The molecule has 2 rings (SSSR count). The standard InChI is InChI=1S/C14H21ClN2O/c1-16-7-9-17(10-8-16)12-13-2-4-14(5-3-13)18-11-6-15/h2-5H,6-12H2,1H3. The summed E-state index contributed by atoms with van der Waals surface area (Å²) in [6.45, 7) is 6.23. The third-order valence-corrected chi connectivity index (χ3v) is 3.43. The Labute approximate surface area is 114 Å². The fourth-order valence-electron chi connectivity index (χ4n) is 2.11. The molecule has 3 nitrogen and oxygen atoms in total. The number of ether oxygens (including phenoxy) is 1. The van der Waals surface area contributed by atoms with Gasteiger partial charge in [0, 0.05) is 32.7 Å². The van der Waals surface area contributed by atoms with Gasteiger partial charge in [0.1, 0.15) is 12.4 Å². The molecule has 1 aromatic rings. The third kappa shape index (κ3) is 4.16. The van der Waals surface area contributed by atoms with Crippen molar-refractivity contribution in [2.24, 2.45) is 0 Å². The second-order valence-corrected chi connectivity index (χ2v) is 5.14. The number of piperazine rings is 1. The summed E-state index contributed by atoms with van der Waals surface area (Å²) >= 11 is 5.59. The Kier molecular flexibility index (Phi) is 5.29. The summed E-state index contributed by atoms with van der Waals surface area (Å²) in [5.41, 5.74) is 1.35. The van der Waals surface area contributed by atoms with Gasteiger partial charge in [-0.25, -0.2) is 0 Å². The SMILES string of the molecule is CN1CCN(Cc2ccc(OCCCl)cc2)CC1. The van der Waals surface area contributed by atoms with E-state index in [4.69, 9.17) is 16.3 Å². The van der Waals surface area contributed by atoms with Crippen LogP contribution in [0.2, 0.25) is 0 Å². The van der Waals surface area contributed by atoms with Crippen molar-refractivity contribution in [2.75, 3.05) is 45.7 Å². The smallest absolute Gasteiger partial charge is 0.119 e. The second kappa shape index (κ2) is 6.98. The Balaban J connectivity index is 1.82. The van der Waals surface area contributed by atoms with E-state index < -0.39 is 0 Å². The molecule has 1 saturated heterocycles. The average Bonchev–Trinajstić information content (AvgIpc) is 2.41. The Morgan fingerprint density at radius 1 is 1.11 bits per heavy atom. The topological polar surface area (TPSA) is 15.7 Å². The largest absolute Gasteiger partial charge is 0.492 e. The Hall–Kier alpha value is -0.770. The molecular weight excluding hydrogens is 248 g/mol. The molecule has 0 unspecified atom stereocenters. The number of halogens is 1. The van der Waals surface area contributed by atoms with Crippen molar-refractivity contribution in [1.82, 2.24) is 9.80 Å². The van der Waals surface area contributed by atoms with E-state index in [-0.39, 0.29) is 0 Å². The average molecular weight is 269 g/mol. The molecule has 0 bridgehead atoms. The molecule has 0 aromatic heterocycles. The number of alkyl halides is 1. The quantitative estimate of drug-likeness (QED) is 0.761. The monoisotopic (exact) mass is 268 g/mol. The predicted octanol–water partition coefficient (Wildman–Crippen LogP) is 2.05. The van der Waals surface area contributed by atoms with Gasteiger partial charge in [-0.3, -0.25) is 4.90 Å². The van der Waals surface area contributed by atoms with E-state index in [2.05, 4.69) is 29.0 Å². The molecule has 0 saturated carbocycles.